The van der Waals surface area contributed by atoms with Gasteiger partial charge in [0.15, 0.2) is 33.3 Å². The predicted molar refractivity (Wildman–Crippen MR) is 279 cm³/mol. The van der Waals surface area contributed by atoms with Crippen molar-refractivity contribution in [1.29, 1.82) is 0 Å². The maximum absolute atomic E-state index is 7.14. The molecule has 0 saturated heterocycles. The molecule has 0 aliphatic carbocycles. The summed E-state index contributed by atoms with van der Waals surface area (Å²) in [7, 11) is -17.8. The molecule has 64 heavy (non-hydrogen) atoms. The van der Waals surface area contributed by atoms with Gasteiger partial charge in [0.2, 0.25) is 0 Å². The lowest BCUT2D eigenvalue weighted by Crippen LogP contribution is -2.61. The molecule has 0 aromatic heterocycles. The molecule has 0 rings (SSSR count). The van der Waals surface area contributed by atoms with Crippen LogP contribution in [0, 0.1) is 213 Å². The molecular weight excluding hydrogens is 901 g/mol. The van der Waals surface area contributed by atoms with E-state index in [-0.39, 0.29) is 0 Å². The van der Waals surface area contributed by atoms with E-state index in [0.717, 1.165) is 6.04 Å². The van der Waals surface area contributed by atoms with Gasteiger partial charge in [-0.1, -0.05) is 11.1 Å². The SMILES string of the molecule is C#CC#CC#CC#CC#CC#CC#CC#CC#CC#CC#CC#CC#CC#CC#C[Si](C)(O[Si](C)(C)C)O[Si](C)(CC[Si](C)(C)O[Si](C)(C)C)O[Si](C)(C#CC#CC#C)O[Si](C)(C)C. The Morgan fingerprint density at radius 3 is 0.719 bits per heavy atom. The minimum Gasteiger partial charge on any atom is -0.456 e. The third kappa shape index (κ3) is 35.0. The van der Waals surface area contributed by atoms with Crippen molar-refractivity contribution in [1.82, 2.24) is 0 Å². The van der Waals surface area contributed by atoms with E-state index in [1.54, 1.807) is 0 Å². The van der Waals surface area contributed by atoms with Gasteiger partial charge in [-0.15, -0.1) is 12.8 Å². The summed E-state index contributed by atoms with van der Waals surface area (Å²) in [6, 6.07) is 1.46. The third-order valence-electron chi connectivity index (χ3n) is 6.06. The Balaban J connectivity index is 6.21. The van der Waals surface area contributed by atoms with Gasteiger partial charge < -0.3 is 20.6 Å². The number of rotatable bonds is 13. The van der Waals surface area contributed by atoms with Crippen molar-refractivity contribution in [2.24, 2.45) is 0 Å². The molecule has 0 bridgehead atoms. The fourth-order valence-corrected chi connectivity index (χ4v) is 35.9. The average molecular weight is 950 g/mol. The normalized spacial score (nSPS) is 11.6. The summed E-state index contributed by atoms with van der Waals surface area (Å²) in [5.74, 6) is 81.8. The highest BCUT2D eigenvalue weighted by molar-refractivity contribution is 6.95. The van der Waals surface area contributed by atoms with Gasteiger partial charge in [-0.2, -0.15) is 0 Å². The van der Waals surface area contributed by atoms with Crippen LogP contribution in [0.2, 0.25) is 104 Å². The molecule has 314 valence electrons. The van der Waals surface area contributed by atoms with E-state index in [9.17, 15) is 0 Å². The van der Waals surface area contributed by atoms with Crippen molar-refractivity contribution < 1.29 is 20.6 Å². The standard InChI is InChI=1S/C52H48O5Si7/c1-17-19-21-23-24-25-26-27-28-29-30-31-32-33-34-35-36-37-38-39-40-41-42-43-44-45-46-48-50-63(15,55-60(9,10)11)57-64(16,52-51-61(12,13)53-58(3,4)5)56-62(14,54-59(6,7)8)49-47-22-20-18-2/h1-2H,51-52H2,3-16H3. The monoisotopic (exact) mass is 948 g/mol. The highest BCUT2D eigenvalue weighted by Gasteiger charge is 2.51. The highest BCUT2D eigenvalue weighted by Crippen LogP contribution is 2.32. The fourth-order valence-electron chi connectivity index (χ4n) is 4.84. The van der Waals surface area contributed by atoms with Crippen molar-refractivity contribution in [2.75, 3.05) is 0 Å². The smallest absolute Gasteiger partial charge is 0.402 e. The van der Waals surface area contributed by atoms with Crippen LogP contribution in [0.3, 0.4) is 0 Å². The molecule has 0 amide bonds. The number of terminal acetylenes is 2. The zero-order chi connectivity index (χ0) is 48.5. The van der Waals surface area contributed by atoms with E-state index in [1.807, 2.05) is 13.1 Å². The summed E-state index contributed by atoms with van der Waals surface area (Å²) in [5.41, 5.74) is 6.50. The highest BCUT2D eigenvalue weighted by atomic mass is 28.5. The molecule has 0 aromatic carbocycles. The van der Waals surface area contributed by atoms with Crippen LogP contribution in [-0.2, 0) is 20.6 Å². The van der Waals surface area contributed by atoms with Crippen molar-refractivity contribution >= 4 is 59.0 Å². The first kappa shape index (κ1) is 57.4. The van der Waals surface area contributed by atoms with Crippen molar-refractivity contribution in [3.63, 3.8) is 0 Å². The van der Waals surface area contributed by atoms with Crippen LogP contribution in [0.15, 0.2) is 0 Å². The van der Waals surface area contributed by atoms with Gasteiger partial charge in [0, 0.05) is 71.0 Å². The van der Waals surface area contributed by atoms with E-state index in [0.29, 0.717) is 6.04 Å². The van der Waals surface area contributed by atoms with Crippen molar-refractivity contribution in [3.8, 4) is 213 Å². The van der Waals surface area contributed by atoms with Crippen molar-refractivity contribution in [2.45, 2.75) is 104 Å². The summed E-state index contributed by atoms with van der Waals surface area (Å²) in [6.07, 6.45) is 10.3. The Morgan fingerprint density at radius 2 is 0.484 bits per heavy atom. The summed E-state index contributed by atoms with van der Waals surface area (Å²) < 4.78 is 34.4. The number of hydrogen-bond acceptors (Lipinski definition) is 5. The fraction of sp³-hybridized carbons (Fsp3) is 0.308. The summed E-state index contributed by atoms with van der Waals surface area (Å²) >= 11 is 0. The van der Waals surface area contributed by atoms with E-state index < -0.39 is 59.0 Å². The van der Waals surface area contributed by atoms with Crippen LogP contribution >= 0.6 is 0 Å². The van der Waals surface area contributed by atoms with E-state index in [1.165, 1.54) is 0 Å². The quantitative estimate of drug-likeness (QED) is 0.158. The maximum Gasteiger partial charge on any atom is 0.402 e. The molecule has 0 radical (unpaired) electrons. The molecule has 0 aliphatic heterocycles. The van der Waals surface area contributed by atoms with Crippen LogP contribution in [0.1, 0.15) is 0 Å². The van der Waals surface area contributed by atoms with E-state index >= 15 is 0 Å². The van der Waals surface area contributed by atoms with Gasteiger partial charge in [-0.25, -0.2) is 0 Å². The Labute approximate surface area is 394 Å². The Kier molecular flexibility index (Phi) is 26.6. The van der Waals surface area contributed by atoms with Crippen molar-refractivity contribution in [3.05, 3.63) is 0 Å². The van der Waals surface area contributed by atoms with Gasteiger partial charge in [0.25, 0.3) is 0 Å². The molecule has 0 N–H and O–H groups in total. The zero-order valence-corrected chi connectivity index (χ0v) is 46.1. The number of hydrogen-bond donors (Lipinski definition) is 0. The lowest BCUT2D eigenvalue weighted by atomic mass is 10.4. The lowest BCUT2D eigenvalue weighted by molar-refractivity contribution is 0.302. The minimum atomic E-state index is -3.24. The minimum absolute atomic E-state index is 0.643. The molecule has 0 aliphatic rings. The summed E-state index contributed by atoms with van der Waals surface area (Å²) in [6.45, 7) is 29.7. The molecular formula is C52H48O5Si7. The molecule has 0 aromatic rings. The van der Waals surface area contributed by atoms with E-state index in [4.69, 9.17) is 33.4 Å². The lowest BCUT2D eigenvalue weighted by Gasteiger charge is -2.42. The topological polar surface area (TPSA) is 46.2 Å². The molecule has 3 atom stereocenters. The Bertz CT molecular complexity index is 2930. The largest absolute Gasteiger partial charge is 0.456 e. The Morgan fingerprint density at radius 1 is 0.266 bits per heavy atom. The summed E-state index contributed by atoms with van der Waals surface area (Å²) in [4.78, 5) is 0. The predicted octanol–water partition coefficient (Wildman–Crippen LogP) is 6.39. The van der Waals surface area contributed by atoms with Gasteiger partial charge in [0.1, 0.15) is 0 Å². The second-order valence-corrected chi connectivity index (χ2v) is 44.2. The first-order valence-corrected chi connectivity index (χ1v) is 39.8. The van der Waals surface area contributed by atoms with E-state index in [2.05, 4.69) is 279 Å². The van der Waals surface area contributed by atoms with Crippen LogP contribution in [0.4, 0.5) is 0 Å². The summed E-state index contributed by atoms with van der Waals surface area (Å²) in [5, 5.41) is 0. The second-order valence-electron chi connectivity index (χ2n) is 16.4. The van der Waals surface area contributed by atoms with Gasteiger partial charge in [-0.05, 0) is 222 Å². The Hall–Kier alpha value is -6.60. The molecule has 0 fully saturated rings. The van der Waals surface area contributed by atoms with Crippen LogP contribution in [-0.4, -0.2) is 59.0 Å². The third-order valence-corrected chi connectivity index (χ3v) is 29.6. The molecule has 3 unspecified atom stereocenters. The van der Waals surface area contributed by atoms with Gasteiger partial charge >= 0.3 is 25.7 Å². The molecule has 5 nitrogen and oxygen atoms in total. The zero-order valence-electron chi connectivity index (χ0n) is 39.1. The van der Waals surface area contributed by atoms with Crippen LogP contribution < -0.4 is 0 Å². The average Bonchev–Trinajstić information content (AvgIpc) is 3.14. The van der Waals surface area contributed by atoms with Gasteiger partial charge in [0.05, 0.1) is 0 Å². The molecule has 0 saturated carbocycles. The van der Waals surface area contributed by atoms with Crippen LogP contribution in [0.25, 0.3) is 0 Å². The molecule has 0 heterocycles. The van der Waals surface area contributed by atoms with Gasteiger partial charge in [-0.3, -0.25) is 0 Å². The molecule has 12 heteroatoms. The first-order valence-electron chi connectivity index (χ1n) is 19.3. The van der Waals surface area contributed by atoms with Crippen LogP contribution in [0.5, 0.6) is 0 Å². The first-order chi connectivity index (χ1) is 29.9. The molecule has 0 spiro atoms. The maximum atomic E-state index is 7.14. The second kappa shape index (κ2) is 29.7.